The molecule has 0 saturated carbocycles. The summed E-state index contributed by atoms with van der Waals surface area (Å²) in [5.41, 5.74) is 3.00. The van der Waals surface area contributed by atoms with Crippen molar-refractivity contribution in [3.05, 3.63) is 99.0 Å². The van der Waals surface area contributed by atoms with Crippen LogP contribution in [0.4, 0.5) is 0 Å². The Kier molecular flexibility index (Phi) is 10.4. The first-order valence-electron chi connectivity index (χ1n) is 12.0. The molecule has 0 unspecified atom stereocenters. The fourth-order valence-corrected chi connectivity index (χ4v) is 4.49. The Morgan fingerprint density at radius 3 is 2.39 bits per heavy atom. The number of nitrogens with zero attached hydrogens (tertiary/aromatic N) is 1. The second kappa shape index (κ2) is 13.5. The molecule has 0 bridgehead atoms. The van der Waals surface area contributed by atoms with Crippen molar-refractivity contribution in [2.75, 3.05) is 13.2 Å². The van der Waals surface area contributed by atoms with Crippen LogP contribution in [0.2, 0.25) is 5.02 Å². The van der Waals surface area contributed by atoms with Gasteiger partial charge >= 0.3 is 0 Å². The van der Waals surface area contributed by atoms with Gasteiger partial charge in [0.2, 0.25) is 5.91 Å². The maximum atomic E-state index is 13.7. The molecular formula is C29H32BrClN2O3. The lowest BCUT2D eigenvalue weighted by Crippen LogP contribution is -2.52. The van der Waals surface area contributed by atoms with Gasteiger partial charge in [0.15, 0.2) is 6.61 Å². The Bertz CT molecular complexity index is 1170. The van der Waals surface area contributed by atoms with Gasteiger partial charge < -0.3 is 15.0 Å². The fourth-order valence-electron chi connectivity index (χ4n) is 3.76. The standard InChI is InChI=1S/C29H32BrClN2O3/c1-20(2)17-32-29(35)26(15-22-10-5-4-6-11-22)33(18-23-12-8-7-9-21(23)3)28(34)19-36-27-14-13-24(30)16-25(27)31/h4-14,16,20,26H,15,17-19H2,1-3H3,(H,32,35)/t26-/m0/s1. The van der Waals surface area contributed by atoms with Gasteiger partial charge in [0.05, 0.1) is 5.02 Å². The number of rotatable bonds is 11. The Morgan fingerprint density at radius 1 is 1.03 bits per heavy atom. The number of halogens is 2. The first kappa shape index (κ1) is 27.8. The SMILES string of the molecule is Cc1ccccc1CN(C(=O)COc1ccc(Br)cc1Cl)[C@@H](Cc1ccccc1)C(=O)NCC(C)C. The van der Waals surface area contributed by atoms with Crippen LogP contribution in [-0.4, -0.2) is 35.9 Å². The zero-order valence-electron chi connectivity index (χ0n) is 20.8. The van der Waals surface area contributed by atoms with Gasteiger partial charge in [0.25, 0.3) is 5.91 Å². The van der Waals surface area contributed by atoms with E-state index >= 15 is 0 Å². The number of hydrogen-bond acceptors (Lipinski definition) is 3. The summed E-state index contributed by atoms with van der Waals surface area (Å²) in [7, 11) is 0. The highest BCUT2D eigenvalue weighted by atomic mass is 79.9. The molecule has 1 N–H and O–H groups in total. The lowest BCUT2D eigenvalue weighted by molar-refractivity contribution is -0.142. The van der Waals surface area contributed by atoms with Gasteiger partial charge in [-0.05, 0) is 47.7 Å². The summed E-state index contributed by atoms with van der Waals surface area (Å²) in [5.74, 6) is 0.219. The van der Waals surface area contributed by atoms with E-state index in [4.69, 9.17) is 16.3 Å². The van der Waals surface area contributed by atoms with Crippen molar-refractivity contribution in [1.82, 2.24) is 10.2 Å². The van der Waals surface area contributed by atoms with Crippen molar-refractivity contribution in [1.29, 1.82) is 0 Å². The largest absolute Gasteiger partial charge is 0.482 e. The molecular weight excluding hydrogens is 540 g/mol. The van der Waals surface area contributed by atoms with E-state index in [0.29, 0.717) is 23.7 Å². The van der Waals surface area contributed by atoms with E-state index < -0.39 is 6.04 Å². The molecule has 7 heteroatoms. The average Bonchev–Trinajstić information content (AvgIpc) is 2.85. The number of hydrogen-bond donors (Lipinski definition) is 1. The van der Waals surface area contributed by atoms with Gasteiger partial charge in [-0.3, -0.25) is 9.59 Å². The lowest BCUT2D eigenvalue weighted by Gasteiger charge is -2.32. The van der Waals surface area contributed by atoms with Gasteiger partial charge in [-0.1, -0.05) is 96.0 Å². The van der Waals surface area contributed by atoms with Crippen molar-refractivity contribution in [2.24, 2.45) is 5.92 Å². The van der Waals surface area contributed by atoms with E-state index in [-0.39, 0.29) is 30.9 Å². The predicted molar refractivity (Wildman–Crippen MR) is 148 cm³/mol. The van der Waals surface area contributed by atoms with Crippen LogP contribution >= 0.6 is 27.5 Å². The quantitative estimate of drug-likeness (QED) is 0.298. The Hall–Kier alpha value is -2.83. The number of carbonyl (C=O) groups is 2. The van der Waals surface area contributed by atoms with E-state index in [2.05, 4.69) is 21.2 Å². The first-order chi connectivity index (χ1) is 17.2. The average molecular weight is 572 g/mol. The summed E-state index contributed by atoms with van der Waals surface area (Å²) >= 11 is 9.67. The molecule has 0 aliphatic rings. The molecule has 2 amide bonds. The highest BCUT2D eigenvalue weighted by Gasteiger charge is 2.31. The third-order valence-corrected chi connectivity index (χ3v) is 6.59. The molecule has 5 nitrogen and oxygen atoms in total. The Balaban J connectivity index is 1.92. The zero-order chi connectivity index (χ0) is 26.1. The van der Waals surface area contributed by atoms with Crippen LogP contribution < -0.4 is 10.1 Å². The van der Waals surface area contributed by atoms with Crippen LogP contribution in [-0.2, 0) is 22.6 Å². The molecule has 0 saturated heterocycles. The van der Waals surface area contributed by atoms with Gasteiger partial charge in [0.1, 0.15) is 11.8 Å². The molecule has 0 heterocycles. The number of aryl methyl sites for hydroxylation is 1. The second-order valence-electron chi connectivity index (χ2n) is 9.16. The molecule has 0 radical (unpaired) electrons. The second-order valence-corrected chi connectivity index (χ2v) is 10.5. The van der Waals surface area contributed by atoms with E-state index in [1.807, 2.05) is 75.4 Å². The van der Waals surface area contributed by atoms with Crippen LogP contribution in [0.1, 0.15) is 30.5 Å². The highest BCUT2D eigenvalue weighted by molar-refractivity contribution is 9.10. The molecule has 0 aliphatic heterocycles. The van der Waals surface area contributed by atoms with E-state index in [1.165, 1.54) is 0 Å². The normalized spacial score (nSPS) is 11.7. The maximum absolute atomic E-state index is 13.7. The molecule has 1 atom stereocenters. The third-order valence-electron chi connectivity index (χ3n) is 5.80. The van der Waals surface area contributed by atoms with Crippen molar-refractivity contribution in [2.45, 2.75) is 39.8 Å². The van der Waals surface area contributed by atoms with Crippen LogP contribution in [0.5, 0.6) is 5.75 Å². The molecule has 0 fully saturated rings. The summed E-state index contributed by atoms with van der Waals surface area (Å²) < 4.78 is 6.62. The monoisotopic (exact) mass is 570 g/mol. The molecule has 3 rings (SSSR count). The van der Waals surface area contributed by atoms with Gasteiger partial charge in [-0.2, -0.15) is 0 Å². The molecule has 3 aromatic carbocycles. The number of benzene rings is 3. The first-order valence-corrected chi connectivity index (χ1v) is 13.1. The molecule has 0 spiro atoms. The topological polar surface area (TPSA) is 58.6 Å². The molecule has 0 aliphatic carbocycles. The third kappa shape index (κ3) is 8.10. The molecule has 190 valence electrons. The lowest BCUT2D eigenvalue weighted by atomic mass is 10.0. The van der Waals surface area contributed by atoms with E-state index in [9.17, 15) is 9.59 Å². The van der Waals surface area contributed by atoms with E-state index in [0.717, 1.165) is 21.2 Å². The summed E-state index contributed by atoms with van der Waals surface area (Å²) in [6.07, 6.45) is 0.390. The van der Waals surface area contributed by atoms with Crippen molar-refractivity contribution in [3.63, 3.8) is 0 Å². The smallest absolute Gasteiger partial charge is 0.261 e. The van der Waals surface area contributed by atoms with Crippen molar-refractivity contribution < 1.29 is 14.3 Å². The number of ether oxygens (including phenoxy) is 1. The van der Waals surface area contributed by atoms with Crippen molar-refractivity contribution >= 4 is 39.3 Å². The van der Waals surface area contributed by atoms with Crippen LogP contribution in [0, 0.1) is 12.8 Å². The van der Waals surface area contributed by atoms with Gasteiger partial charge in [-0.25, -0.2) is 0 Å². The molecule has 36 heavy (non-hydrogen) atoms. The van der Waals surface area contributed by atoms with E-state index in [1.54, 1.807) is 23.1 Å². The number of nitrogens with one attached hydrogen (secondary N) is 1. The van der Waals surface area contributed by atoms with Crippen LogP contribution in [0.15, 0.2) is 77.3 Å². The Labute approximate surface area is 226 Å². The molecule has 0 aromatic heterocycles. The predicted octanol–water partition coefficient (Wildman–Crippen LogP) is 6.20. The minimum absolute atomic E-state index is 0.184. The van der Waals surface area contributed by atoms with Crippen molar-refractivity contribution in [3.8, 4) is 5.75 Å². The summed E-state index contributed by atoms with van der Waals surface area (Å²) in [4.78, 5) is 28.7. The number of amides is 2. The van der Waals surface area contributed by atoms with Crippen LogP contribution in [0.25, 0.3) is 0 Å². The highest BCUT2D eigenvalue weighted by Crippen LogP contribution is 2.28. The number of carbonyl (C=O) groups excluding carboxylic acids is 2. The zero-order valence-corrected chi connectivity index (χ0v) is 23.2. The fraction of sp³-hybridized carbons (Fsp3) is 0.310. The van der Waals surface area contributed by atoms with Crippen LogP contribution in [0.3, 0.4) is 0 Å². The minimum atomic E-state index is -0.706. The summed E-state index contributed by atoms with van der Waals surface area (Å²) in [6, 6.07) is 22.1. The van der Waals surface area contributed by atoms with Gasteiger partial charge in [0, 0.05) is 24.0 Å². The minimum Gasteiger partial charge on any atom is -0.482 e. The van der Waals surface area contributed by atoms with Gasteiger partial charge in [-0.15, -0.1) is 0 Å². The maximum Gasteiger partial charge on any atom is 0.261 e. The summed E-state index contributed by atoms with van der Waals surface area (Å²) in [6.45, 7) is 6.66. The molecule has 3 aromatic rings. The summed E-state index contributed by atoms with van der Waals surface area (Å²) in [5, 5.41) is 3.43. The Morgan fingerprint density at radius 2 is 1.72 bits per heavy atom.